The van der Waals surface area contributed by atoms with Crippen molar-refractivity contribution in [1.29, 1.82) is 0 Å². The smallest absolute Gasteiger partial charge is 0.218 e. The molecule has 1 atom stereocenters. The third kappa shape index (κ3) is 3.77. The maximum absolute atomic E-state index is 13.2. The summed E-state index contributed by atoms with van der Waals surface area (Å²) >= 11 is 0. The fourth-order valence-electron chi connectivity index (χ4n) is 2.65. The van der Waals surface area contributed by atoms with Gasteiger partial charge in [-0.15, -0.1) is 0 Å². The van der Waals surface area contributed by atoms with Crippen LogP contribution in [-0.4, -0.2) is 10.5 Å². The highest BCUT2D eigenvalue weighted by molar-refractivity contribution is 8.02. The Bertz CT molecular complexity index is 742. The molecule has 2 aromatic rings. The molecule has 122 valence electrons. The van der Waals surface area contributed by atoms with Gasteiger partial charge >= 0.3 is 0 Å². The molecular formula is C22H23OS+. The summed E-state index contributed by atoms with van der Waals surface area (Å²) in [5, 5.41) is 0. The van der Waals surface area contributed by atoms with Crippen LogP contribution < -0.4 is 0 Å². The third-order valence-corrected chi connectivity index (χ3v) is 6.51. The lowest BCUT2D eigenvalue weighted by Crippen LogP contribution is -2.41. The molecule has 1 unspecified atom stereocenters. The van der Waals surface area contributed by atoms with Crippen molar-refractivity contribution in [1.82, 2.24) is 0 Å². The average molecular weight is 335 g/mol. The second-order valence-corrected chi connectivity index (χ2v) is 8.41. The molecule has 0 heterocycles. The molecule has 0 amide bonds. The normalized spacial score (nSPS) is 13.2. The van der Waals surface area contributed by atoms with Crippen LogP contribution in [0, 0.1) is 0 Å². The van der Waals surface area contributed by atoms with Crippen LogP contribution in [0.5, 0.6) is 0 Å². The van der Waals surface area contributed by atoms with Gasteiger partial charge in [0.2, 0.25) is 5.78 Å². The van der Waals surface area contributed by atoms with Crippen LogP contribution in [0.2, 0.25) is 0 Å². The molecule has 1 nitrogen and oxygen atoms in total. The van der Waals surface area contributed by atoms with E-state index in [4.69, 9.17) is 0 Å². The number of rotatable bonds is 7. The predicted octanol–water partition coefficient (Wildman–Crippen LogP) is 5.58. The Labute approximate surface area is 147 Å². The highest BCUT2D eigenvalue weighted by Gasteiger charge is 2.49. The van der Waals surface area contributed by atoms with E-state index in [0.717, 1.165) is 15.4 Å². The van der Waals surface area contributed by atoms with Gasteiger partial charge in [-0.2, -0.15) is 0 Å². The third-order valence-electron chi connectivity index (χ3n) is 3.79. The highest BCUT2D eigenvalue weighted by atomic mass is 32.2. The molecule has 2 aromatic carbocycles. The van der Waals surface area contributed by atoms with Gasteiger partial charge in [-0.1, -0.05) is 67.8 Å². The van der Waals surface area contributed by atoms with E-state index in [1.54, 1.807) is 6.08 Å². The molecule has 0 aliphatic carbocycles. The minimum absolute atomic E-state index is 0.132. The molecule has 0 radical (unpaired) electrons. The van der Waals surface area contributed by atoms with E-state index in [9.17, 15) is 4.79 Å². The van der Waals surface area contributed by atoms with Crippen LogP contribution in [0.4, 0.5) is 0 Å². The lowest BCUT2D eigenvalue weighted by Gasteiger charge is -2.24. The number of Topliss-reactive ketones (excluding diaryl/α,β-unsaturated/α-hetero) is 1. The van der Waals surface area contributed by atoms with Crippen molar-refractivity contribution in [2.75, 3.05) is 0 Å². The zero-order chi connectivity index (χ0) is 17.6. The van der Waals surface area contributed by atoms with Crippen LogP contribution in [0.25, 0.3) is 0 Å². The second-order valence-electron chi connectivity index (χ2n) is 5.83. The SMILES string of the molecule is C=C/C=C(\C=C)[S+](c1ccccc1)C(C)(C)C(=O)c1ccccc1. The standard InChI is InChI=1S/C22H23OS/c1-5-13-19(6-2)24(20-16-11-8-12-17-20)22(3,4)21(23)18-14-9-7-10-15-18/h5-17H,1-2H2,3-4H3/q+1/b19-13+. The Hall–Kier alpha value is -2.32. The van der Waals surface area contributed by atoms with E-state index in [-0.39, 0.29) is 5.78 Å². The lowest BCUT2D eigenvalue weighted by atomic mass is 10.0. The summed E-state index contributed by atoms with van der Waals surface area (Å²) in [4.78, 5) is 15.4. The molecule has 0 bridgehead atoms. The summed E-state index contributed by atoms with van der Waals surface area (Å²) in [5.74, 6) is 0.132. The van der Waals surface area contributed by atoms with Crippen molar-refractivity contribution in [2.45, 2.75) is 23.5 Å². The summed E-state index contributed by atoms with van der Waals surface area (Å²) in [5.41, 5.74) is 0.734. The predicted molar refractivity (Wildman–Crippen MR) is 105 cm³/mol. The van der Waals surface area contributed by atoms with E-state index >= 15 is 0 Å². The van der Waals surface area contributed by atoms with Crippen LogP contribution >= 0.6 is 0 Å². The molecule has 0 aliphatic heterocycles. The van der Waals surface area contributed by atoms with Crippen LogP contribution in [-0.2, 0) is 10.9 Å². The van der Waals surface area contributed by atoms with Gasteiger partial charge in [-0.05, 0) is 38.1 Å². The molecule has 2 heteroatoms. The number of carbonyl (C=O) groups excluding carboxylic acids is 1. The first-order valence-electron chi connectivity index (χ1n) is 7.87. The van der Waals surface area contributed by atoms with Gasteiger partial charge in [0.15, 0.2) is 14.5 Å². The van der Waals surface area contributed by atoms with Gasteiger partial charge in [0.1, 0.15) is 0 Å². The van der Waals surface area contributed by atoms with E-state index in [2.05, 4.69) is 25.3 Å². The maximum atomic E-state index is 13.2. The van der Waals surface area contributed by atoms with Crippen molar-refractivity contribution in [3.63, 3.8) is 0 Å². The summed E-state index contributed by atoms with van der Waals surface area (Å²) in [6.07, 6.45) is 5.53. The van der Waals surface area contributed by atoms with Crippen molar-refractivity contribution in [3.8, 4) is 0 Å². The molecule has 0 aromatic heterocycles. The molecule has 0 N–H and O–H groups in total. The van der Waals surface area contributed by atoms with Gasteiger partial charge < -0.3 is 0 Å². The van der Waals surface area contributed by atoms with Gasteiger partial charge in [0.05, 0.1) is 10.9 Å². The summed E-state index contributed by atoms with van der Waals surface area (Å²) in [7, 11) is -0.444. The lowest BCUT2D eigenvalue weighted by molar-refractivity contribution is 0.0957. The topological polar surface area (TPSA) is 17.1 Å². The molecule has 0 fully saturated rings. The highest BCUT2D eigenvalue weighted by Crippen LogP contribution is 2.36. The molecule has 0 spiro atoms. The van der Waals surface area contributed by atoms with Crippen LogP contribution in [0.15, 0.2) is 102 Å². The maximum Gasteiger partial charge on any atom is 0.218 e. The van der Waals surface area contributed by atoms with E-state index in [1.165, 1.54) is 0 Å². The fraction of sp³-hybridized carbons (Fsp3) is 0.136. The average Bonchev–Trinajstić information content (AvgIpc) is 2.62. The first kappa shape index (κ1) is 18.0. The zero-order valence-corrected chi connectivity index (χ0v) is 15.1. The molecule has 0 aliphatic rings. The molecule has 2 rings (SSSR count). The first-order valence-corrected chi connectivity index (χ1v) is 9.09. The quantitative estimate of drug-likeness (QED) is 0.367. The van der Waals surface area contributed by atoms with E-state index in [1.807, 2.05) is 74.5 Å². The van der Waals surface area contributed by atoms with Crippen molar-refractivity contribution in [3.05, 3.63) is 103 Å². The Morgan fingerprint density at radius 3 is 2.00 bits per heavy atom. The van der Waals surface area contributed by atoms with E-state index < -0.39 is 15.6 Å². The van der Waals surface area contributed by atoms with Gasteiger partial charge in [-0.3, -0.25) is 4.79 Å². The van der Waals surface area contributed by atoms with Crippen molar-refractivity contribution in [2.24, 2.45) is 0 Å². The largest absolute Gasteiger partial charge is 0.288 e. The van der Waals surface area contributed by atoms with Crippen molar-refractivity contribution < 1.29 is 4.79 Å². The number of carbonyl (C=O) groups is 1. The fourth-order valence-corrected chi connectivity index (χ4v) is 5.23. The first-order chi connectivity index (χ1) is 11.5. The van der Waals surface area contributed by atoms with Gasteiger partial charge in [-0.25, -0.2) is 0 Å². The van der Waals surface area contributed by atoms with Gasteiger partial charge in [0.25, 0.3) is 0 Å². The van der Waals surface area contributed by atoms with Gasteiger partial charge in [0, 0.05) is 5.56 Å². The number of ketones is 1. The number of allylic oxidation sites excluding steroid dienone is 3. The van der Waals surface area contributed by atoms with Crippen molar-refractivity contribution >= 4 is 16.7 Å². The van der Waals surface area contributed by atoms with Crippen LogP contribution in [0.1, 0.15) is 24.2 Å². The Balaban J connectivity index is 2.57. The molecule has 0 saturated carbocycles. The molecule has 0 saturated heterocycles. The Morgan fingerprint density at radius 2 is 1.50 bits per heavy atom. The summed E-state index contributed by atoms with van der Waals surface area (Å²) in [6.45, 7) is 11.8. The minimum Gasteiger partial charge on any atom is -0.288 e. The molecular weight excluding hydrogens is 312 g/mol. The van der Waals surface area contributed by atoms with E-state index in [0.29, 0.717) is 0 Å². The number of hydrogen-bond donors (Lipinski definition) is 0. The zero-order valence-electron chi connectivity index (χ0n) is 14.2. The summed E-state index contributed by atoms with van der Waals surface area (Å²) < 4.78 is -0.592. The number of hydrogen-bond acceptors (Lipinski definition) is 1. The Kier molecular flexibility index (Phi) is 5.99. The minimum atomic E-state index is -0.592. The number of benzene rings is 2. The Morgan fingerprint density at radius 1 is 0.958 bits per heavy atom. The molecule has 24 heavy (non-hydrogen) atoms. The van der Waals surface area contributed by atoms with Crippen LogP contribution in [0.3, 0.4) is 0 Å². The summed E-state index contributed by atoms with van der Waals surface area (Å²) in [6, 6.07) is 19.6. The monoisotopic (exact) mass is 335 g/mol. The second kappa shape index (κ2) is 7.98.